The van der Waals surface area contributed by atoms with Gasteiger partial charge in [-0.05, 0) is 86.5 Å². The Morgan fingerprint density at radius 2 is 0.877 bits per heavy atom. The number of nitrogens with one attached hydrogen (secondary N) is 3. The zero-order chi connectivity index (χ0) is 50.7. The van der Waals surface area contributed by atoms with Gasteiger partial charge in [0, 0.05) is 27.9 Å². The lowest BCUT2D eigenvalue weighted by molar-refractivity contribution is 0.0699. The molecule has 4 aliphatic carbocycles. The number of nitrogens with two attached hydrogens (primary N) is 1. The molecule has 4 aliphatic rings. The maximum atomic E-state index is 14.1. The van der Waals surface area contributed by atoms with Gasteiger partial charge in [-0.3, -0.25) is 14.2 Å². The van der Waals surface area contributed by atoms with E-state index in [4.69, 9.17) is 10.7 Å². The lowest BCUT2D eigenvalue weighted by Gasteiger charge is -2.22. The van der Waals surface area contributed by atoms with Crippen molar-refractivity contribution in [3.63, 3.8) is 0 Å². The Balaban J connectivity index is 0.000000143. The molecule has 0 radical (unpaired) electrons. The monoisotopic (exact) mass is 1010 g/mol. The number of carboxylic acid groups (broad SMARTS) is 1. The molecule has 2 atom stereocenters. The number of hydrogen-bond acceptors (Lipinski definition) is 9. The molecule has 0 unspecified atom stereocenters. The van der Waals surface area contributed by atoms with Gasteiger partial charge < -0.3 is 16.2 Å². The van der Waals surface area contributed by atoms with Crippen LogP contribution in [0.25, 0.3) is 44.3 Å². The lowest BCUT2D eigenvalue weighted by atomic mass is 9.98. The number of rotatable bonds is 15. The standard InChI is InChI=1S/C29H27N3O3S.C19H16N2O4S.C10H13N/c33-29(31-26(21-15-16-21)19-9-3-1-4-10-19)25-23-13-7-8-14-24(23)30-27(20-11-5-2-6-12-20)28(25)32-36(34,35)22-17-18-22;22-19(23)16-14-8-4-5-9-15(14)20-17(12-6-2-1-3-7-12)18(16)21-26(24,25)13-10-11-13;11-10(9-6-7-9)8-4-2-1-3-5-8/h1-14,21-22,26,32H,15-18H2,(H,31,33);1-9,13,21H,10-11H2,(H,22,23);1-5,9-10H,6-7,11H2/t26-;;10-/m1.1/s1. The first-order chi connectivity index (χ1) is 35.4. The van der Waals surface area contributed by atoms with Crippen LogP contribution in [0, 0.1) is 11.8 Å². The third-order valence-electron chi connectivity index (χ3n) is 13.6. The summed E-state index contributed by atoms with van der Waals surface area (Å²) in [6, 6.07) is 53.1. The molecule has 12 rings (SSSR count). The molecule has 0 spiro atoms. The number of pyridine rings is 2. The summed E-state index contributed by atoms with van der Waals surface area (Å²) in [7, 11) is -7.30. The number of aromatic carboxylic acids is 1. The van der Waals surface area contributed by atoms with Crippen molar-refractivity contribution >= 4 is 65.1 Å². The van der Waals surface area contributed by atoms with Crippen LogP contribution in [-0.4, -0.2) is 54.3 Å². The fraction of sp³-hybridized carbons (Fsp3) is 0.241. The van der Waals surface area contributed by atoms with Gasteiger partial charge in [-0.1, -0.05) is 158 Å². The van der Waals surface area contributed by atoms with Gasteiger partial charge in [-0.15, -0.1) is 0 Å². The molecule has 2 aromatic heterocycles. The highest BCUT2D eigenvalue weighted by Crippen LogP contribution is 2.44. The SMILES string of the molecule is N[C@H](c1ccccc1)C1CC1.O=C(N[C@H](c1ccccc1)C1CC1)c1c(NS(=O)(=O)C2CC2)c(-c2ccccc2)nc2ccccc12.O=C(O)c1c(NS(=O)(=O)C2CC2)c(-c2ccccc2)nc2ccccc12. The van der Waals surface area contributed by atoms with Crippen molar-refractivity contribution in [3.05, 3.63) is 192 Å². The van der Waals surface area contributed by atoms with E-state index in [2.05, 4.69) is 44.0 Å². The summed E-state index contributed by atoms with van der Waals surface area (Å²) in [6.07, 6.45) is 7.14. The van der Waals surface area contributed by atoms with Gasteiger partial charge in [-0.25, -0.2) is 31.6 Å². The summed E-state index contributed by atoms with van der Waals surface area (Å²) in [6.45, 7) is 0. The first-order valence-electron chi connectivity index (χ1n) is 24.8. The van der Waals surface area contributed by atoms with E-state index in [-0.39, 0.29) is 34.9 Å². The van der Waals surface area contributed by atoms with E-state index in [1.807, 2.05) is 97.1 Å². The molecule has 0 saturated heterocycles. The van der Waals surface area contributed by atoms with E-state index in [9.17, 15) is 31.5 Å². The fourth-order valence-corrected chi connectivity index (χ4v) is 11.9. The number of sulfonamides is 2. The molecule has 13 nitrogen and oxygen atoms in total. The lowest BCUT2D eigenvalue weighted by Crippen LogP contribution is -2.31. The van der Waals surface area contributed by atoms with Crippen LogP contribution in [0.2, 0.25) is 0 Å². The third kappa shape index (κ3) is 11.4. The molecule has 0 bridgehead atoms. The minimum Gasteiger partial charge on any atom is -0.478 e. The molecule has 15 heteroatoms. The summed E-state index contributed by atoms with van der Waals surface area (Å²) in [5, 5.41) is 13.2. The average Bonchev–Trinajstić information content (AvgIpc) is 4.20. The van der Waals surface area contributed by atoms with Crippen molar-refractivity contribution in [2.24, 2.45) is 17.6 Å². The van der Waals surface area contributed by atoms with Crippen molar-refractivity contribution < 1.29 is 31.5 Å². The average molecular weight is 1010 g/mol. The zero-order valence-corrected chi connectivity index (χ0v) is 41.6. The Morgan fingerprint density at radius 3 is 1.30 bits per heavy atom. The quantitative estimate of drug-likeness (QED) is 0.0656. The van der Waals surface area contributed by atoms with Crippen LogP contribution in [0.5, 0.6) is 0 Å². The molecule has 4 saturated carbocycles. The second kappa shape index (κ2) is 20.9. The minimum absolute atomic E-state index is 0.0225. The summed E-state index contributed by atoms with van der Waals surface area (Å²) < 4.78 is 56.7. The normalized spacial score (nSPS) is 16.2. The predicted molar refractivity (Wildman–Crippen MR) is 288 cm³/mol. The number of anilines is 2. The van der Waals surface area contributed by atoms with Crippen molar-refractivity contribution in [2.75, 3.05) is 9.44 Å². The van der Waals surface area contributed by atoms with Crippen molar-refractivity contribution in [1.29, 1.82) is 0 Å². The van der Waals surface area contributed by atoms with Crippen LogP contribution in [0.3, 0.4) is 0 Å². The smallest absolute Gasteiger partial charge is 0.338 e. The highest BCUT2D eigenvalue weighted by Gasteiger charge is 2.40. The Labute approximate surface area is 425 Å². The number of carboxylic acids is 1. The van der Waals surface area contributed by atoms with Gasteiger partial charge in [0.15, 0.2) is 0 Å². The molecule has 4 fully saturated rings. The summed E-state index contributed by atoms with van der Waals surface area (Å²) in [4.78, 5) is 35.5. The first kappa shape index (κ1) is 49.1. The number of para-hydroxylation sites is 2. The number of amides is 1. The van der Waals surface area contributed by atoms with E-state index >= 15 is 0 Å². The summed E-state index contributed by atoms with van der Waals surface area (Å²) in [5.41, 5.74) is 12.1. The molecule has 2 heterocycles. The second-order valence-corrected chi connectivity index (χ2v) is 23.1. The van der Waals surface area contributed by atoms with Crippen molar-refractivity contribution in [3.8, 4) is 22.5 Å². The molecule has 8 aromatic rings. The van der Waals surface area contributed by atoms with Gasteiger partial charge in [0.05, 0.1) is 61.5 Å². The number of hydrogen-bond donors (Lipinski definition) is 5. The highest BCUT2D eigenvalue weighted by molar-refractivity contribution is 7.93. The molecule has 73 heavy (non-hydrogen) atoms. The molecular formula is C58H56N6O7S2. The molecule has 1 amide bonds. The molecule has 6 N–H and O–H groups in total. The van der Waals surface area contributed by atoms with Crippen LogP contribution in [-0.2, 0) is 20.0 Å². The number of aromatic nitrogens is 2. The van der Waals surface area contributed by atoms with Crippen molar-refractivity contribution in [1.82, 2.24) is 15.3 Å². The molecule has 372 valence electrons. The fourth-order valence-electron chi connectivity index (χ4n) is 9.08. The minimum atomic E-state index is -3.65. The van der Waals surface area contributed by atoms with E-state index in [0.29, 0.717) is 75.9 Å². The van der Waals surface area contributed by atoms with Crippen LogP contribution >= 0.6 is 0 Å². The molecular weight excluding hydrogens is 957 g/mol. The van der Waals surface area contributed by atoms with Gasteiger partial charge in [0.25, 0.3) is 5.91 Å². The number of fused-ring (bicyclic) bond motifs is 2. The van der Waals surface area contributed by atoms with Crippen LogP contribution in [0.1, 0.15) is 95.3 Å². The molecule has 6 aromatic carbocycles. The Kier molecular flexibility index (Phi) is 14.1. The Bertz CT molecular complexity index is 3520. The predicted octanol–water partition coefficient (Wildman–Crippen LogP) is 11.3. The van der Waals surface area contributed by atoms with Crippen molar-refractivity contribution in [2.45, 2.75) is 74.0 Å². The maximum absolute atomic E-state index is 14.1. The number of carbonyl (C=O) groups excluding carboxylic acids is 1. The maximum Gasteiger partial charge on any atom is 0.338 e. The van der Waals surface area contributed by atoms with Gasteiger partial charge in [-0.2, -0.15) is 0 Å². The van der Waals surface area contributed by atoms with Crippen LogP contribution in [0.4, 0.5) is 11.4 Å². The van der Waals surface area contributed by atoms with E-state index < -0.39 is 36.5 Å². The number of benzene rings is 6. The second-order valence-electron chi connectivity index (χ2n) is 19.2. The Hall–Kier alpha value is -7.46. The first-order valence-corrected chi connectivity index (χ1v) is 27.8. The zero-order valence-electron chi connectivity index (χ0n) is 40.0. The van der Waals surface area contributed by atoms with E-state index in [1.54, 1.807) is 48.5 Å². The van der Waals surface area contributed by atoms with Gasteiger partial charge in [0.1, 0.15) is 0 Å². The summed E-state index contributed by atoms with van der Waals surface area (Å²) >= 11 is 0. The molecule has 0 aliphatic heterocycles. The number of carbonyl (C=O) groups is 2. The summed E-state index contributed by atoms with van der Waals surface area (Å²) in [5.74, 6) is -0.378. The Morgan fingerprint density at radius 1 is 0.493 bits per heavy atom. The third-order valence-corrected chi connectivity index (χ3v) is 17.3. The number of nitrogens with zero attached hydrogens (tertiary/aromatic N) is 2. The van der Waals surface area contributed by atoms with Gasteiger partial charge in [0.2, 0.25) is 20.0 Å². The topological polar surface area (TPSA) is 211 Å². The largest absolute Gasteiger partial charge is 0.478 e. The highest BCUT2D eigenvalue weighted by atomic mass is 32.2. The van der Waals surface area contributed by atoms with Crippen LogP contribution < -0.4 is 20.5 Å². The van der Waals surface area contributed by atoms with E-state index in [1.165, 1.54) is 18.4 Å². The van der Waals surface area contributed by atoms with Crippen LogP contribution in [0.15, 0.2) is 170 Å². The van der Waals surface area contributed by atoms with Gasteiger partial charge >= 0.3 is 5.97 Å². The van der Waals surface area contributed by atoms with E-state index in [0.717, 1.165) is 29.9 Å².